The Hall–Kier alpha value is -1.99. The molecule has 118 valence electrons. The van der Waals surface area contributed by atoms with Crippen molar-refractivity contribution in [1.82, 2.24) is 15.5 Å². The van der Waals surface area contributed by atoms with Crippen molar-refractivity contribution in [2.75, 3.05) is 5.73 Å². The molecule has 5 nitrogen and oxygen atoms in total. The number of nitrogens with zero attached hydrogens (tertiary/aromatic N) is 2. The van der Waals surface area contributed by atoms with Crippen LogP contribution in [0.1, 0.15) is 26.5 Å². The maximum atomic E-state index is 12.4. The highest BCUT2D eigenvalue weighted by Gasteiger charge is 2.19. The molecule has 0 saturated carbocycles. The first-order chi connectivity index (χ1) is 11.0. The van der Waals surface area contributed by atoms with E-state index in [1.54, 1.807) is 0 Å². The van der Waals surface area contributed by atoms with E-state index in [-0.39, 0.29) is 5.91 Å². The number of carbonyl (C=O) groups excluding carboxylic acids is 1. The molecule has 0 atom stereocenters. The highest BCUT2D eigenvalue weighted by Crippen LogP contribution is 2.34. The number of hydrogen-bond acceptors (Lipinski definition) is 5. The molecule has 1 amide bonds. The minimum absolute atomic E-state index is 0.189. The molecule has 23 heavy (non-hydrogen) atoms. The summed E-state index contributed by atoms with van der Waals surface area (Å²) in [6.45, 7) is 4.27. The second kappa shape index (κ2) is 6.25. The fraction of sp³-hybridized carbons (Fsp3) is 0.188. The van der Waals surface area contributed by atoms with E-state index < -0.39 is 0 Å². The zero-order valence-electron chi connectivity index (χ0n) is 12.7. The van der Waals surface area contributed by atoms with Gasteiger partial charge in [0, 0.05) is 16.4 Å². The second-order valence-corrected chi connectivity index (χ2v) is 7.16. The van der Waals surface area contributed by atoms with Crippen molar-refractivity contribution in [2.24, 2.45) is 0 Å². The van der Waals surface area contributed by atoms with E-state index in [0.717, 1.165) is 26.7 Å². The van der Waals surface area contributed by atoms with Gasteiger partial charge in [0.05, 0.1) is 11.4 Å². The molecule has 0 bridgehead atoms. The molecule has 0 radical (unpaired) electrons. The summed E-state index contributed by atoms with van der Waals surface area (Å²) >= 11 is 4.66. The average molecular weight is 391 g/mol. The van der Waals surface area contributed by atoms with Gasteiger partial charge < -0.3 is 11.1 Å². The summed E-state index contributed by atoms with van der Waals surface area (Å²) in [5.41, 5.74) is 9.47. The largest absolute Gasteiger partial charge is 0.397 e. The van der Waals surface area contributed by atoms with Gasteiger partial charge in [0.25, 0.3) is 5.91 Å². The van der Waals surface area contributed by atoms with E-state index in [1.807, 2.05) is 38.1 Å². The number of hydrogen-bond donors (Lipinski definition) is 2. The molecule has 2 aromatic heterocycles. The average Bonchev–Trinajstić information content (AvgIpc) is 2.88. The summed E-state index contributed by atoms with van der Waals surface area (Å²) in [7, 11) is 0. The van der Waals surface area contributed by atoms with Crippen molar-refractivity contribution in [3.05, 3.63) is 50.4 Å². The quantitative estimate of drug-likeness (QED) is 0.715. The number of nitrogens with two attached hydrogens (primary N) is 1. The van der Waals surface area contributed by atoms with Crippen molar-refractivity contribution < 1.29 is 4.79 Å². The zero-order chi connectivity index (χ0) is 16.6. The van der Waals surface area contributed by atoms with Gasteiger partial charge in [-0.3, -0.25) is 4.79 Å². The summed E-state index contributed by atoms with van der Waals surface area (Å²) in [5.74, 6) is -0.189. The maximum Gasteiger partial charge on any atom is 0.263 e. The van der Waals surface area contributed by atoms with Gasteiger partial charge in [-0.1, -0.05) is 28.1 Å². The van der Waals surface area contributed by atoms with E-state index in [4.69, 9.17) is 5.73 Å². The van der Waals surface area contributed by atoms with Crippen LogP contribution < -0.4 is 11.1 Å². The molecule has 7 heteroatoms. The minimum Gasteiger partial charge on any atom is -0.397 e. The van der Waals surface area contributed by atoms with Crippen LogP contribution in [0, 0.1) is 13.8 Å². The van der Waals surface area contributed by atoms with Crippen LogP contribution >= 0.6 is 27.3 Å². The SMILES string of the molecule is Cc1nnc2sc(C(=O)NCc3ccc(Br)cc3)c(N)c2c1C. The van der Waals surface area contributed by atoms with Crippen LogP contribution in [0.2, 0.25) is 0 Å². The predicted octanol–water partition coefficient (Wildman–Crippen LogP) is 3.58. The molecule has 0 aliphatic rings. The second-order valence-electron chi connectivity index (χ2n) is 5.24. The molecule has 0 spiro atoms. The Labute approximate surface area is 146 Å². The van der Waals surface area contributed by atoms with Crippen LogP contribution in [0.4, 0.5) is 5.69 Å². The number of anilines is 1. The summed E-state index contributed by atoms with van der Waals surface area (Å²) in [6.07, 6.45) is 0. The Morgan fingerprint density at radius 1 is 1.26 bits per heavy atom. The van der Waals surface area contributed by atoms with Gasteiger partial charge in [0.2, 0.25) is 0 Å². The Kier molecular flexibility index (Phi) is 4.32. The fourth-order valence-electron chi connectivity index (χ4n) is 2.27. The van der Waals surface area contributed by atoms with Crippen molar-refractivity contribution in [1.29, 1.82) is 0 Å². The van der Waals surface area contributed by atoms with Gasteiger partial charge in [0.15, 0.2) is 0 Å². The minimum atomic E-state index is -0.189. The Morgan fingerprint density at radius 2 is 1.96 bits per heavy atom. The molecule has 3 rings (SSSR count). The molecule has 1 aromatic carbocycles. The zero-order valence-corrected chi connectivity index (χ0v) is 15.1. The lowest BCUT2D eigenvalue weighted by Gasteiger charge is -2.05. The lowest BCUT2D eigenvalue weighted by molar-refractivity contribution is 0.0956. The molecule has 3 N–H and O–H groups in total. The summed E-state index contributed by atoms with van der Waals surface area (Å²) in [4.78, 5) is 13.6. The first-order valence-electron chi connectivity index (χ1n) is 7.02. The number of carbonyl (C=O) groups is 1. The standard InChI is InChI=1S/C16H15BrN4OS/c1-8-9(2)20-21-16-12(8)13(18)14(23-16)15(22)19-7-10-3-5-11(17)6-4-10/h3-6H,7,18H2,1-2H3,(H,19,22). The van der Waals surface area contributed by atoms with Crippen molar-refractivity contribution >= 4 is 49.1 Å². The van der Waals surface area contributed by atoms with Crippen molar-refractivity contribution in [3.8, 4) is 0 Å². The smallest absolute Gasteiger partial charge is 0.263 e. The number of aryl methyl sites for hydroxylation is 2. The molecule has 0 saturated heterocycles. The van der Waals surface area contributed by atoms with Crippen LogP contribution in [0.3, 0.4) is 0 Å². The molecule has 3 aromatic rings. The topological polar surface area (TPSA) is 80.9 Å². The van der Waals surface area contributed by atoms with E-state index in [0.29, 0.717) is 21.9 Å². The number of thiophene rings is 1. The van der Waals surface area contributed by atoms with Crippen LogP contribution in [0.5, 0.6) is 0 Å². The molecule has 0 unspecified atom stereocenters. The van der Waals surface area contributed by atoms with Crippen molar-refractivity contribution in [2.45, 2.75) is 20.4 Å². The Balaban J connectivity index is 1.85. The maximum absolute atomic E-state index is 12.4. The lowest BCUT2D eigenvalue weighted by atomic mass is 10.1. The number of rotatable bonds is 3. The monoisotopic (exact) mass is 390 g/mol. The van der Waals surface area contributed by atoms with Crippen LogP contribution in [-0.2, 0) is 6.54 Å². The Bertz CT molecular complexity index is 889. The molecule has 0 aliphatic carbocycles. The molecule has 0 aliphatic heterocycles. The number of halogens is 1. The van der Waals surface area contributed by atoms with E-state index in [1.165, 1.54) is 11.3 Å². The predicted molar refractivity (Wildman–Crippen MR) is 96.6 cm³/mol. The number of nitrogen functional groups attached to an aromatic ring is 1. The van der Waals surface area contributed by atoms with Gasteiger partial charge in [-0.2, -0.15) is 5.10 Å². The molecule has 2 heterocycles. The first-order valence-corrected chi connectivity index (χ1v) is 8.63. The first kappa shape index (κ1) is 15.9. The van der Waals surface area contributed by atoms with Crippen LogP contribution in [0.25, 0.3) is 10.2 Å². The third-order valence-electron chi connectivity index (χ3n) is 3.71. The summed E-state index contributed by atoms with van der Waals surface area (Å²) in [6, 6.07) is 7.79. The number of aromatic nitrogens is 2. The normalized spacial score (nSPS) is 10.9. The van der Waals surface area contributed by atoms with Crippen LogP contribution in [-0.4, -0.2) is 16.1 Å². The third-order valence-corrected chi connectivity index (χ3v) is 5.32. The lowest BCUT2D eigenvalue weighted by Crippen LogP contribution is -2.22. The van der Waals surface area contributed by atoms with Gasteiger partial charge in [-0.25, -0.2) is 0 Å². The summed E-state index contributed by atoms with van der Waals surface area (Å²) in [5, 5.41) is 12.0. The van der Waals surface area contributed by atoms with Crippen molar-refractivity contribution in [3.63, 3.8) is 0 Å². The van der Waals surface area contributed by atoms with E-state index >= 15 is 0 Å². The van der Waals surface area contributed by atoms with E-state index in [9.17, 15) is 4.79 Å². The van der Waals surface area contributed by atoms with Gasteiger partial charge in [0.1, 0.15) is 9.71 Å². The van der Waals surface area contributed by atoms with Gasteiger partial charge >= 0.3 is 0 Å². The Morgan fingerprint density at radius 3 is 2.65 bits per heavy atom. The number of benzene rings is 1. The number of nitrogens with one attached hydrogen (secondary N) is 1. The van der Waals surface area contributed by atoms with Crippen LogP contribution in [0.15, 0.2) is 28.7 Å². The van der Waals surface area contributed by atoms with Gasteiger partial charge in [-0.15, -0.1) is 16.4 Å². The highest BCUT2D eigenvalue weighted by molar-refractivity contribution is 9.10. The highest BCUT2D eigenvalue weighted by atomic mass is 79.9. The van der Waals surface area contributed by atoms with Gasteiger partial charge in [-0.05, 0) is 37.1 Å². The number of amides is 1. The third kappa shape index (κ3) is 3.07. The molecular weight excluding hydrogens is 376 g/mol. The summed E-state index contributed by atoms with van der Waals surface area (Å²) < 4.78 is 1.01. The molecular formula is C16H15BrN4OS. The number of fused-ring (bicyclic) bond motifs is 1. The molecule has 0 fully saturated rings. The van der Waals surface area contributed by atoms with E-state index in [2.05, 4.69) is 31.4 Å². The fourth-order valence-corrected chi connectivity index (χ4v) is 3.56.